The highest BCUT2D eigenvalue weighted by atomic mass is 19.3. The average Bonchev–Trinajstić information content (AvgIpc) is 2.47. The molecule has 0 radical (unpaired) electrons. The number of alkyl halides is 4. The molecule has 2 rings (SSSR count). The predicted octanol–water partition coefficient (Wildman–Crippen LogP) is 3.55. The molecule has 2 aromatic rings. The Labute approximate surface area is 117 Å². The fourth-order valence-electron chi connectivity index (χ4n) is 1.55. The minimum absolute atomic E-state index is 0.0104. The maximum absolute atomic E-state index is 12.8. The summed E-state index contributed by atoms with van der Waals surface area (Å²) in [7, 11) is 0. The van der Waals surface area contributed by atoms with Crippen molar-refractivity contribution < 1.29 is 27.1 Å². The number of nitrogens with zero attached hydrogens (tertiary/aromatic N) is 1. The lowest BCUT2D eigenvalue weighted by molar-refractivity contribution is -0.253. The van der Waals surface area contributed by atoms with E-state index in [1.807, 2.05) is 0 Å². The fourth-order valence-corrected chi connectivity index (χ4v) is 1.55. The number of ether oxygens (including phenoxy) is 1. The molecular formula is C14H9F4NO2. The van der Waals surface area contributed by atoms with Crippen LogP contribution in [0.25, 0.3) is 0 Å². The molecule has 1 heterocycles. The van der Waals surface area contributed by atoms with Crippen LogP contribution in [-0.2, 0) is 0 Å². The molecule has 0 spiro atoms. The summed E-state index contributed by atoms with van der Waals surface area (Å²) in [6, 6.07) is 9.28. The number of benzene rings is 1. The molecule has 0 saturated heterocycles. The van der Waals surface area contributed by atoms with Gasteiger partial charge in [0.2, 0.25) is 5.78 Å². The zero-order valence-electron chi connectivity index (χ0n) is 10.5. The van der Waals surface area contributed by atoms with E-state index in [1.54, 1.807) is 12.1 Å². The van der Waals surface area contributed by atoms with Crippen LogP contribution in [-0.4, -0.2) is 23.3 Å². The molecule has 7 heteroatoms. The molecule has 0 bridgehead atoms. The van der Waals surface area contributed by atoms with Gasteiger partial charge in [-0.15, -0.1) is 0 Å². The molecule has 3 nitrogen and oxygen atoms in total. The van der Waals surface area contributed by atoms with E-state index >= 15 is 0 Å². The van der Waals surface area contributed by atoms with Crippen LogP contribution in [0.5, 0.6) is 5.75 Å². The van der Waals surface area contributed by atoms with Crippen LogP contribution in [0.4, 0.5) is 17.6 Å². The number of hydrogen-bond acceptors (Lipinski definition) is 3. The van der Waals surface area contributed by atoms with Crippen molar-refractivity contribution in [3.63, 3.8) is 0 Å². The van der Waals surface area contributed by atoms with Crippen LogP contribution in [0.1, 0.15) is 16.1 Å². The van der Waals surface area contributed by atoms with Crippen LogP contribution in [0.15, 0.2) is 48.7 Å². The van der Waals surface area contributed by atoms with Crippen molar-refractivity contribution >= 4 is 5.78 Å². The topological polar surface area (TPSA) is 39.2 Å². The Morgan fingerprint density at radius 3 is 2.52 bits per heavy atom. The molecular weight excluding hydrogens is 290 g/mol. The first-order valence-corrected chi connectivity index (χ1v) is 5.81. The van der Waals surface area contributed by atoms with Gasteiger partial charge in [-0.25, -0.2) is 0 Å². The number of hydrogen-bond donors (Lipinski definition) is 0. The number of aromatic nitrogens is 1. The van der Waals surface area contributed by atoms with Gasteiger partial charge in [-0.3, -0.25) is 9.78 Å². The van der Waals surface area contributed by atoms with Crippen molar-refractivity contribution in [2.45, 2.75) is 12.5 Å². The van der Waals surface area contributed by atoms with Gasteiger partial charge in [0.25, 0.3) is 0 Å². The largest absolute Gasteiger partial charge is 0.461 e. The van der Waals surface area contributed by atoms with Crippen LogP contribution < -0.4 is 4.74 Å². The fraction of sp³-hybridized carbons (Fsp3) is 0.143. The van der Waals surface area contributed by atoms with Crippen LogP contribution in [0, 0.1) is 0 Å². The second kappa shape index (κ2) is 5.90. The first-order valence-electron chi connectivity index (χ1n) is 5.81. The highest BCUT2D eigenvalue weighted by Gasteiger charge is 2.44. The first-order chi connectivity index (χ1) is 9.90. The quantitative estimate of drug-likeness (QED) is 0.626. The number of halogens is 4. The van der Waals surface area contributed by atoms with Crippen molar-refractivity contribution in [1.29, 1.82) is 0 Å². The normalized spacial score (nSPS) is 11.5. The lowest BCUT2D eigenvalue weighted by Crippen LogP contribution is -2.33. The van der Waals surface area contributed by atoms with Gasteiger partial charge in [0.1, 0.15) is 11.4 Å². The average molecular weight is 299 g/mol. The number of rotatable bonds is 5. The summed E-state index contributed by atoms with van der Waals surface area (Å²) in [5, 5.41) is 0. The number of carbonyl (C=O) groups is 1. The van der Waals surface area contributed by atoms with Crippen molar-refractivity contribution in [2.24, 2.45) is 0 Å². The third kappa shape index (κ3) is 3.56. The van der Waals surface area contributed by atoms with Crippen LogP contribution in [0.3, 0.4) is 0 Å². The van der Waals surface area contributed by atoms with Gasteiger partial charge in [-0.2, -0.15) is 17.6 Å². The molecule has 0 amide bonds. The molecule has 21 heavy (non-hydrogen) atoms. The van der Waals surface area contributed by atoms with Crippen molar-refractivity contribution in [3.8, 4) is 5.75 Å². The molecule has 1 aromatic carbocycles. The summed E-state index contributed by atoms with van der Waals surface area (Å²) < 4.78 is 53.7. The third-order valence-electron chi connectivity index (χ3n) is 2.50. The highest BCUT2D eigenvalue weighted by Crippen LogP contribution is 2.28. The van der Waals surface area contributed by atoms with E-state index in [0.717, 1.165) is 12.1 Å². The van der Waals surface area contributed by atoms with E-state index in [1.165, 1.54) is 24.4 Å². The standard InChI is InChI=1S/C14H9F4NO2/c15-13(16)14(17,18)21-10-5-3-4-9(8-10)12(20)11-6-1-2-7-19-11/h1-8,13H. The van der Waals surface area contributed by atoms with Gasteiger partial charge in [0.05, 0.1) is 0 Å². The molecule has 0 aliphatic heterocycles. The van der Waals surface area contributed by atoms with Crippen LogP contribution in [0.2, 0.25) is 0 Å². The van der Waals surface area contributed by atoms with Gasteiger partial charge in [0.15, 0.2) is 0 Å². The Balaban J connectivity index is 2.24. The van der Waals surface area contributed by atoms with E-state index in [-0.39, 0.29) is 11.3 Å². The number of carbonyl (C=O) groups excluding carboxylic acids is 1. The Hall–Kier alpha value is -2.44. The maximum atomic E-state index is 12.8. The Bertz CT molecular complexity index is 632. The lowest BCUT2D eigenvalue weighted by Gasteiger charge is -2.17. The third-order valence-corrected chi connectivity index (χ3v) is 2.50. The second-order valence-electron chi connectivity index (χ2n) is 4.04. The Morgan fingerprint density at radius 2 is 1.90 bits per heavy atom. The van der Waals surface area contributed by atoms with Gasteiger partial charge >= 0.3 is 12.5 Å². The number of pyridine rings is 1. The maximum Gasteiger partial charge on any atom is 0.461 e. The summed E-state index contributed by atoms with van der Waals surface area (Å²) in [5.41, 5.74) is 0.117. The molecule has 0 atom stereocenters. The second-order valence-corrected chi connectivity index (χ2v) is 4.04. The minimum Gasteiger partial charge on any atom is -0.428 e. The molecule has 0 unspecified atom stereocenters. The Kier molecular flexibility index (Phi) is 4.21. The van der Waals surface area contributed by atoms with Gasteiger partial charge < -0.3 is 4.74 Å². The molecule has 0 fully saturated rings. The molecule has 0 aliphatic rings. The van der Waals surface area contributed by atoms with Crippen LogP contribution >= 0.6 is 0 Å². The summed E-state index contributed by atoms with van der Waals surface area (Å²) in [6.07, 6.45) is -7.18. The summed E-state index contributed by atoms with van der Waals surface area (Å²) >= 11 is 0. The predicted molar refractivity (Wildman–Crippen MR) is 65.7 cm³/mol. The number of ketones is 1. The summed E-state index contributed by atoms with van der Waals surface area (Å²) in [6.45, 7) is 0. The monoisotopic (exact) mass is 299 g/mol. The smallest absolute Gasteiger partial charge is 0.428 e. The van der Waals surface area contributed by atoms with E-state index in [2.05, 4.69) is 9.72 Å². The van der Waals surface area contributed by atoms with E-state index in [4.69, 9.17) is 0 Å². The van der Waals surface area contributed by atoms with E-state index in [0.29, 0.717) is 0 Å². The van der Waals surface area contributed by atoms with Crippen molar-refractivity contribution in [2.75, 3.05) is 0 Å². The zero-order chi connectivity index (χ0) is 15.5. The van der Waals surface area contributed by atoms with E-state index in [9.17, 15) is 22.4 Å². The van der Waals surface area contributed by atoms with Gasteiger partial charge in [-0.05, 0) is 24.3 Å². The van der Waals surface area contributed by atoms with E-state index < -0.39 is 24.1 Å². The molecule has 0 N–H and O–H groups in total. The van der Waals surface area contributed by atoms with Crippen molar-refractivity contribution in [1.82, 2.24) is 4.98 Å². The zero-order valence-corrected chi connectivity index (χ0v) is 10.5. The highest BCUT2D eigenvalue weighted by molar-refractivity contribution is 6.07. The first kappa shape index (κ1) is 15.0. The molecule has 110 valence electrons. The Morgan fingerprint density at radius 1 is 1.14 bits per heavy atom. The summed E-state index contributed by atoms with van der Waals surface area (Å²) in [4.78, 5) is 15.9. The molecule has 0 saturated carbocycles. The van der Waals surface area contributed by atoms with Gasteiger partial charge in [-0.1, -0.05) is 18.2 Å². The molecule has 0 aliphatic carbocycles. The summed E-state index contributed by atoms with van der Waals surface area (Å²) in [5.74, 6) is -1.05. The van der Waals surface area contributed by atoms with Crippen molar-refractivity contribution in [3.05, 3.63) is 59.9 Å². The lowest BCUT2D eigenvalue weighted by atomic mass is 10.1. The molecule has 1 aromatic heterocycles. The van der Waals surface area contributed by atoms with Gasteiger partial charge in [0, 0.05) is 11.8 Å². The minimum atomic E-state index is -4.62. The SMILES string of the molecule is O=C(c1cccc(OC(F)(F)C(F)F)c1)c1ccccn1.